The van der Waals surface area contributed by atoms with Crippen LogP contribution in [0, 0.1) is 5.92 Å². The minimum absolute atomic E-state index is 0.260. The zero-order chi connectivity index (χ0) is 11.6. The molecule has 2 rings (SSSR count). The Hall–Kier alpha value is -0.170. The number of sulfonamides is 1. The van der Waals surface area contributed by atoms with Crippen molar-refractivity contribution in [1.29, 1.82) is 0 Å². The zero-order valence-corrected chi connectivity index (χ0v) is 10.3. The van der Waals surface area contributed by atoms with E-state index in [1.165, 1.54) is 0 Å². The Morgan fingerprint density at radius 3 is 2.44 bits per heavy atom. The van der Waals surface area contributed by atoms with Crippen LogP contribution in [0.2, 0.25) is 0 Å². The van der Waals surface area contributed by atoms with Gasteiger partial charge >= 0.3 is 0 Å². The van der Waals surface area contributed by atoms with E-state index < -0.39 is 15.6 Å². The van der Waals surface area contributed by atoms with Crippen LogP contribution in [0.25, 0.3) is 0 Å². The van der Waals surface area contributed by atoms with Crippen molar-refractivity contribution in [3.05, 3.63) is 0 Å². The second-order valence-corrected chi connectivity index (χ2v) is 6.69. The third-order valence-electron chi connectivity index (χ3n) is 3.36. The summed E-state index contributed by atoms with van der Waals surface area (Å²) in [7, 11) is -3.17. The van der Waals surface area contributed by atoms with E-state index >= 15 is 0 Å². The molecule has 1 saturated carbocycles. The van der Waals surface area contributed by atoms with Crippen molar-refractivity contribution in [2.45, 2.75) is 31.2 Å². The molecule has 6 heteroatoms. The Morgan fingerprint density at radius 1 is 1.31 bits per heavy atom. The van der Waals surface area contributed by atoms with Gasteiger partial charge in [0.05, 0.1) is 5.75 Å². The fourth-order valence-electron chi connectivity index (χ4n) is 2.08. The van der Waals surface area contributed by atoms with Gasteiger partial charge in [-0.1, -0.05) is 0 Å². The van der Waals surface area contributed by atoms with Gasteiger partial charge in [-0.05, 0) is 31.6 Å². The summed E-state index contributed by atoms with van der Waals surface area (Å²) in [5.74, 6) is 0.627. The molecule has 1 aliphatic carbocycles. The van der Waals surface area contributed by atoms with Gasteiger partial charge in [0.15, 0.2) is 0 Å². The van der Waals surface area contributed by atoms with Gasteiger partial charge in [-0.15, -0.1) is 0 Å². The molecule has 1 saturated heterocycles. The molecule has 0 aromatic heterocycles. The molecule has 2 aliphatic rings. The van der Waals surface area contributed by atoms with Crippen LogP contribution in [0.15, 0.2) is 0 Å². The third-order valence-corrected chi connectivity index (χ3v) is 5.02. The Morgan fingerprint density at radius 2 is 1.94 bits per heavy atom. The molecule has 0 unspecified atom stereocenters. The maximum Gasteiger partial charge on any atom is 0.212 e. The van der Waals surface area contributed by atoms with Crippen molar-refractivity contribution >= 4 is 10.0 Å². The van der Waals surface area contributed by atoms with Crippen molar-refractivity contribution in [2.24, 2.45) is 11.7 Å². The van der Waals surface area contributed by atoms with Crippen LogP contribution in [0.3, 0.4) is 0 Å². The van der Waals surface area contributed by atoms with Crippen LogP contribution in [0.5, 0.6) is 0 Å². The van der Waals surface area contributed by atoms with Gasteiger partial charge in [-0.25, -0.2) is 13.1 Å². The maximum atomic E-state index is 11.9. The molecule has 2 fully saturated rings. The highest BCUT2D eigenvalue weighted by Gasteiger charge is 2.37. The predicted molar refractivity (Wildman–Crippen MR) is 61.5 cm³/mol. The summed E-state index contributed by atoms with van der Waals surface area (Å²) in [6, 6.07) is 0. The number of nitrogens with two attached hydrogens (primary N) is 1. The summed E-state index contributed by atoms with van der Waals surface area (Å²) in [4.78, 5) is 0. The molecule has 0 aromatic rings. The normalized spacial score (nSPS) is 25.6. The van der Waals surface area contributed by atoms with Crippen LogP contribution in [-0.4, -0.2) is 39.5 Å². The number of hydrogen-bond acceptors (Lipinski definition) is 4. The summed E-state index contributed by atoms with van der Waals surface area (Å²) < 4.78 is 31.9. The standard InChI is InChI=1S/C10H20N2O3S/c11-8-10(3-5-15-6-4-10)12-16(13,14)7-9-1-2-9/h9,12H,1-8,11H2. The minimum atomic E-state index is -3.17. The minimum Gasteiger partial charge on any atom is -0.381 e. The average Bonchev–Trinajstić information content (AvgIpc) is 3.01. The van der Waals surface area contributed by atoms with Crippen LogP contribution in [0.1, 0.15) is 25.7 Å². The van der Waals surface area contributed by atoms with Gasteiger partial charge < -0.3 is 10.5 Å². The third kappa shape index (κ3) is 3.16. The molecular formula is C10H20N2O3S. The smallest absolute Gasteiger partial charge is 0.212 e. The first kappa shape index (κ1) is 12.3. The molecule has 3 N–H and O–H groups in total. The number of ether oxygens (including phenoxy) is 1. The van der Waals surface area contributed by atoms with E-state index in [-0.39, 0.29) is 5.75 Å². The largest absolute Gasteiger partial charge is 0.381 e. The lowest BCUT2D eigenvalue weighted by Crippen LogP contribution is -2.57. The summed E-state index contributed by atoms with van der Waals surface area (Å²) in [6.45, 7) is 1.52. The highest BCUT2D eigenvalue weighted by Crippen LogP contribution is 2.31. The lowest BCUT2D eigenvalue weighted by atomic mass is 9.92. The second-order valence-electron chi connectivity index (χ2n) is 4.92. The lowest BCUT2D eigenvalue weighted by molar-refractivity contribution is 0.0502. The van der Waals surface area contributed by atoms with Crippen LogP contribution >= 0.6 is 0 Å². The fraction of sp³-hybridized carbons (Fsp3) is 1.00. The molecule has 0 bridgehead atoms. The summed E-state index contributed by atoms with van der Waals surface area (Å²) >= 11 is 0. The Bertz CT molecular complexity index is 332. The van der Waals surface area contributed by atoms with Crippen molar-refractivity contribution in [2.75, 3.05) is 25.5 Å². The molecule has 16 heavy (non-hydrogen) atoms. The SMILES string of the molecule is NCC1(NS(=O)(=O)CC2CC2)CCOCC1. The average molecular weight is 248 g/mol. The Balaban J connectivity index is 1.98. The highest BCUT2D eigenvalue weighted by atomic mass is 32.2. The van der Waals surface area contributed by atoms with Crippen molar-refractivity contribution < 1.29 is 13.2 Å². The molecule has 94 valence electrons. The molecule has 0 radical (unpaired) electrons. The van der Waals surface area contributed by atoms with E-state index in [1.807, 2.05) is 0 Å². The molecule has 1 heterocycles. The van der Waals surface area contributed by atoms with Gasteiger partial charge in [-0.3, -0.25) is 0 Å². The van der Waals surface area contributed by atoms with E-state index in [4.69, 9.17) is 10.5 Å². The number of hydrogen-bond donors (Lipinski definition) is 2. The van der Waals surface area contributed by atoms with E-state index in [2.05, 4.69) is 4.72 Å². The zero-order valence-electron chi connectivity index (χ0n) is 9.44. The van der Waals surface area contributed by atoms with Gasteiger partial charge in [0, 0.05) is 25.3 Å². The summed E-state index contributed by atoms with van der Waals surface area (Å²) in [5, 5.41) is 0. The number of rotatable bonds is 5. The monoisotopic (exact) mass is 248 g/mol. The summed E-state index contributed by atoms with van der Waals surface area (Å²) in [6.07, 6.45) is 3.43. The Kier molecular flexibility index (Phi) is 3.53. The molecule has 0 aromatic carbocycles. The predicted octanol–water partition coefficient (Wildman–Crippen LogP) is -0.176. The van der Waals surface area contributed by atoms with Crippen molar-refractivity contribution in [3.8, 4) is 0 Å². The van der Waals surface area contributed by atoms with Gasteiger partial charge in [0.2, 0.25) is 10.0 Å². The molecule has 0 amide bonds. The van der Waals surface area contributed by atoms with Crippen molar-refractivity contribution in [3.63, 3.8) is 0 Å². The molecule has 1 aliphatic heterocycles. The van der Waals surface area contributed by atoms with Gasteiger partial charge in [0.1, 0.15) is 0 Å². The van der Waals surface area contributed by atoms with E-state index in [0.29, 0.717) is 38.5 Å². The van der Waals surface area contributed by atoms with E-state index in [1.54, 1.807) is 0 Å². The quantitative estimate of drug-likeness (QED) is 0.707. The molecular weight excluding hydrogens is 228 g/mol. The van der Waals surface area contributed by atoms with Crippen LogP contribution < -0.4 is 10.5 Å². The lowest BCUT2D eigenvalue weighted by Gasteiger charge is -2.36. The summed E-state index contributed by atoms with van der Waals surface area (Å²) in [5.41, 5.74) is 5.24. The van der Waals surface area contributed by atoms with Gasteiger partial charge in [-0.2, -0.15) is 0 Å². The van der Waals surface area contributed by atoms with Gasteiger partial charge in [0.25, 0.3) is 0 Å². The maximum absolute atomic E-state index is 11.9. The van der Waals surface area contributed by atoms with Crippen LogP contribution in [-0.2, 0) is 14.8 Å². The van der Waals surface area contributed by atoms with Crippen molar-refractivity contribution in [1.82, 2.24) is 4.72 Å². The molecule has 5 nitrogen and oxygen atoms in total. The van der Waals surface area contributed by atoms with Crippen LogP contribution in [0.4, 0.5) is 0 Å². The first-order chi connectivity index (χ1) is 7.55. The van der Waals surface area contributed by atoms with E-state index in [9.17, 15) is 8.42 Å². The number of nitrogens with one attached hydrogen (secondary N) is 1. The highest BCUT2D eigenvalue weighted by molar-refractivity contribution is 7.89. The molecule has 0 spiro atoms. The Labute approximate surface area is 96.8 Å². The topological polar surface area (TPSA) is 81.4 Å². The fourth-order valence-corrected chi connectivity index (χ4v) is 4.06. The molecule has 0 atom stereocenters. The first-order valence-electron chi connectivity index (χ1n) is 5.85. The van der Waals surface area contributed by atoms with E-state index in [0.717, 1.165) is 12.8 Å². The first-order valence-corrected chi connectivity index (χ1v) is 7.50. The second kappa shape index (κ2) is 4.60.